The van der Waals surface area contributed by atoms with Crippen LogP contribution in [0.25, 0.3) is 10.8 Å². The van der Waals surface area contributed by atoms with E-state index in [1.54, 1.807) is 10.6 Å². The average molecular weight is 343 g/mol. The van der Waals surface area contributed by atoms with Crippen molar-refractivity contribution in [2.45, 2.75) is 33.4 Å². The Kier molecular flexibility index (Phi) is 4.58. The molecule has 0 aliphatic carbocycles. The molecule has 0 atom stereocenters. The molecular weight excluding hydrogens is 324 g/mol. The third-order valence-corrected chi connectivity index (χ3v) is 4.19. The van der Waals surface area contributed by atoms with Crippen LogP contribution in [0.2, 0.25) is 5.02 Å². The zero-order valence-electron chi connectivity index (χ0n) is 13.9. The van der Waals surface area contributed by atoms with Gasteiger partial charge in [0, 0.05) is 33.6 Å². The van der Waals surface area contributed by atoms with E-state index in [2.05, 4.69) is 4.98 Å². The SMILES string of the molecule is Cc1cc(=O)n(C(C)C)c(COc2ccc(Cl)c3ccccc23)n1. The van der Waals surface area contributed by atoms with Gasteiger partial charge >= 0.3 is 0 Å². The summed E-state index contributed by atoms with van der Waals surface area (Å²) in [6.45, 7) is 5.95. The third-order valence-electron chi connectivity index (χ3n) is 3.86. The lowest BCUT2D eigenvalue weighted by Crippen LogP contribution is -2.27. The number of hydrogen-bond donors (Lipinski definition) is 0. The molecule has 0 aliphatic heterocycles. The molecule has 1 aromatic heterocycles. The molecule has 124 valence electrons. The van der Waals surface area contributed by atoms with Gasteiger partial charge < -0.3 is 4.74 Å². The van der Waals surface area contributed by atoms with Crippen molar-refractivity contribution in [3.05, 3.63) is 69.4 Å². The zero-order chi connectivity index (χ0) is 17.3. The van der Waals surface area contributed by atoms with Gasteiger partial charge in [0.05, 0.1) is 0 Å². The highest BCUT2D eigenvalue weighted by atomic mass is 35.5. The lowest BCUT2D eigenvalue weighted by molar-refractivity contribution is 0.285. The van der Waals surface area contributed by atoms with Crippen molar-refractivity contribution < 1.29 is 4.74 Å². The van der Waals surface area contributed by atoms with Crippen molar-refractivity contribution in [2.24, 2.45) is 0 Å². The van der Waals surface area contributed by atoms with E-state index in [-0.39, 0.29) is 18.2 Å². The van der Waals surface area contributed by atoms with Crippen molar-refractivity contribution >= 4 is 22.4 Å². The van der Waals surface area contributed by atoms with Crippen molar-refractivity contribution in [3.8, 4) is 5.75 Å². The van der Waals surface area contributed by atoms with Gasteiger partial charge in [-0.1, -0.05) is 35.9 Å². The predicted octanol–water partition coefficient (Wildman–Crippen LogP) is 4.52. The number of benzene rings is 2. The normalized spacial score (nSPS) is 11.2. The standard InChI is InChI=1S/C19H19ClN2O2/c1-12(2)22-18(21-13(3)10-19(22)23)11-24-17-9-8-16(20)14-6-4-5-7-15(14)17/h4-10,12H,11H2,1-3H3. The molecule has 0 unspecified atom stereocenters. The molecule has 0 N–H and O–H groups in total. The molecule has 0 fully saturated rings. The van der Waals surface area contributed by atoms with E-state index < -0.39 is 0 Å². The molecule has 3 rings (SSSR count). The number of nitrogens with zero attached hydrogens (tertiary/aromatic N) is 2. The van der Waals surface area contributed by atoms with E-state index >= 15 is 0 Å². The summed E-state index contributed by atoms with van der Waals surface area (Å²) < 4.78 is 7.64. The van der Waals surface area contributed by atoms with Gasteiger partial charge in [-0.05, 0) is 32.9 Å². The van der Waals surface area contributed by atoms with Crippen LogP contribution in [-0.4, -0.2) is 9.55 Å². The molecule has 4 nitrogen and oxygen atoms in total. The monoisotopic (exact) mass is 342 g/mol. The first-order valence-corrected chi connectivity index (χ1v) is 8.24. The topological polar surface area (TPSA) is 44.1 Å². The van der Waals surface area contributed by atoms with Crippen LogP contribution in [0.15, 0.2) is 47.3 Å². The second-order valence-electron chi connectivity index (χ2n) is 6.00. The highest BCUT2D eigenvalue weighted by molar-refractivity contribution is 6.35. The Bertz CT molecular complexity index is 948. The maximum Gasteiger partial charge on any atom is 0.254 e. The van der Waals surface area contributed by atoms with Crippen LogP contribution < -0.4 is 10.3 Å². The van der Waals surface area contributed by atoms with Crippen LogP contribution in [-0.2, 0) is 6.61 Å². The van der Waals surface area contributed by atoms with Gasteiger partial charge in [-0.3, -0.25) is 9.36 Å². The summed E-state index contributed by atoms with van der Waals surface area (Å²) in [6, 6.07) is 13.0. The number of hydrogen-bond acceptors (Lipinski definition) is 3. The Labute approximate surface area is 145 Å². The molecule has 0 saturated heterocycles. The molecule has 24 heavy (non-hydrogen) atoms. The van der Waals surface area contributed by atoms with Crippen LogP contribution in [0.1, 0.15) is 31.4 Å². The molecular formula is C19H19ClN2O2. The van der Waals surface area contributed by atoms with Gasteiger partial charge in [-0.2, -0.15) is 0 Å². The maximum atomic E-state index is 12.2. The lowest BCUT2D eigenvalue weighted by atomic mass is 10.1. The molecule has 0 aliphatic rings. The van der Waals surface area contributed by atoms with Gasteiger partial charge in [-0.15, -0.1) is 0 Å². The highest BCUT2D eigenvalue weighted by Gasteiger charge is 2.12. The molecule has 0 spiro atoms. The summed E-state index contributed by atoms with van der Waals surface area (Å²) >= 11 is 6.24. The minimum absolute atomic E-state index is 0.0196. The molecule has 1 heterocycles. The van der Waals surface area contributed by atoms with Crippen LogP contribution in [0.3, 0.4) is 0 Å². The fourth-order valence-electron chi connectivity index (χ4n) is 2.82. The quantitative estimate of drug-likeness (QED) is 0.700. The molecule has 5 heteroatoms. The lowest BCUT2D eigenvalue weighted by Gasteiger charge is -2.17. The average Bonchev–Trinajstić information content (AvgIpc) is 2.53. The second kappa shape index (κ2) is 6.65. The van der Waals surface area contributed by atoms with E-state index in [4.69, 9.17) is 16.3 Å². The van der Waals surface area contributed by atoms with E-state index in [0.29, 0.717) is 16.5 Å². The molecule has 3 aromatic rings. The summed E-state index contributed by atoms with van der Waals surface area (Å²) in [7, 11) is 0. The Morgan fingerprint density at radius 2 is 1.88 bits per heavy atom. The zero-order valence-corrected chi connectivity index (χ0v) is 14.7. The third kappa shape index (κ3) is 3.15. The van der Waals surface area contributed by atoms with Gasteiger partial charge in [0.2, 0.25) is 0 Å². The molecule has 0 bridgehead atoms. The van der Waals surface area contributed by atoms with Gasteiger partial charge in [-0.25, -0.2) is 4.98 Å². The van der Waals surface area contributed by atoms with Crippen LogP contribution >= 0.6 is 11.6 Å². The molecule has 0 radical (unpaired) electrons. The number of ether oxygens (including phenoxy) is 1. The number of halogens is 1. The molecule has 0 saturated carbocycles. The Morgan fingerprint density at radius 3 is 2.58 bits per heavy atom. The molecule has 2 aromatic carbocycles. The summed E-state index contributed by atoms with van der Waals surface area (Å²) in [6.07, 6.45) is 0. The first-order valence-electron chi connectivity index (χ1n) is 7.86. The number of fused-ring (bicyclic) bond motifs is 1. The fourth-order valence-corrected chi connectivity index (χ4v) is 3.05. The second-order valence-corrected chi connectivity index (χ2v) is 6.40. The first-order chi connectivity index (χ1) is 11.5. The van der Waals surface area contributed by atoms with Crippen LogP contribution in [0.5, 0.6) is 5.75 Å². The van der Waals surface area contributed by atoms with Gasteiger partial charge in [0.1, 0.15) is 18.2 Å². The Balaban J connectivity index is 1.98. The predicted molar refractivity (Wildman–Crippen MR) is 96.9 cm³/mol. The summed E-state index contributed by atoms with van der Waals surface area (Å²) in [5.74, 6) is 1.34. The number of rotatable bonds is 4. The summed E-state index contributed by atoms with van der Waals surface area (Å²) in [4.78, 5) is 16.7. The van der Waals surface area contributed by atoms with Crippen molar-refractivity contribution in [1.29, 1.82) is 0 Å². The minimum atomic E-state index is -0.0583. The largest absolute Gasteiger partial charge is 0.485 e. The first kappa shape index (κ1) is 16.5. The highest BCUT2D eigenvalue weighted by Crippen LogP contribution is 2.31. The minimum Gasteiger partial charge on any atom is -0.485 e. The number of aryl methyl sites for hydroxylation is 1. The van der Waals surface area contributed by atoms with E-state index in [0.717, 1.165) is 16.5 Å². The van der Waals surface area contributed by atoms with Crippen molar-refractivity contribution in [1.82, 2.24) is 9.55 Å². The van der Waals surface area contributed by atoms with Crippen molar-refractivity contribution in [3.63, 3.8) is 0 Å². The Morgan fingerprint density at radius 1 is 1.17 bits per heavy atom. The summed E-state index contributed by atoms with van der Waals surface area (Å²) in [5, 5.41) is 2.57. The van der Waals surface area contributed by atoms with Crippen LogP contribution in [0.4, 0.5) is 0 Å². The van der Waals surface area contributed by atoms with Gasteiger partial charge in [0.15, 0.2) is 0 Å². The van der Waals surface area contributed by atoms with E-state index in [1.165, 1.54) is 0 Å². The number of aromatic nitrogens is 2. The fraction of sp³-hybridized carbons (Fsp3) is 0.263. The van der Waals surface area contributed by atoms with Gasteiger partial charge in [0.25, 0.3) is 5.56 Å². The van der Waals surface area contributed by atoms with Crippen molar-refractivity contribution in [2.75, 3.05) is 0 Å². The Hall–Kier alpha value is -2.33. The maximum absolute atomic E-state index is 12.2. The van der Waals surface area contributed by atoms with Crippen LogP contribution in [0, 0.1) is 6.92 Å². The van der Waals surface area contributed by atoms with E-state index in [9.17, 15) is 4.79 Å². The van der Waals surface area contributed by atoms with E-state index in [1.807, 2.05) is 57.2 Å². The smallest absolute Gasteiger partial charge is 0.254 e. The molecule has 0 amide bonds. The summed E-state index contributed by atoms with van der Waals surface area (Å²) in [5.41, 5.74) is 0.633.